The summed E-state index contributed by atoms with van der Waals surface area (Å²) in [5.41, 5.74) is 4.30. The average molecular weight is 369 g/mol. The summed E-state index contributed by atoms with van der Waals surface area (Å²) in [5.74, 6) is 1.93. The van der Waals surface area contributed by atoms with Gasteiger partial charge in [-0.15, -0.1) is 11.3 Å². The van der Waals surface area contributed by atoms with Gasteiger partial charge in [0.25, 0.3) is 0 Å². The van der Waals surface area contributed by atoms with E-state index in [1.165, 1.54) is 0 Å². The van der Waals surface area contributed by atoms with E-state index >= 15 is 0 Å². The summed E-state index contributed by atoms with van der Waals surface area (Å²) < 4.78 is 5.70. The summed E-state index contributed by atoms with van der Waals surface area (Å²) in [7, 11) is 1.69. The number of carbonyl (C=O) groups excluding carboxylic acids is 1. The molecule has 26 heavy (non-hydrogen) atoms. The Bertz CT molecular complexity index is 912. The van der Waals surface area contributed by atoms with E-state index in [0.29, 0.717) is 6.42 Å². The molecule has 0 saturated carbocycles. The van der Waals surface area contributed by atoms with Gasteiger partial charge in [-0.2, -0.15) is 0 Å². The molecule has 0 radical (unpaired) electrons. The quantitative estimate of drug-likeness (QED) is 0.836. The molecule has 1 unspecified atom stereocenters. The number of rotatable bonds is 3. The van der Waals surface area contributed by atoms with E-state index < -0.39 is 5.41 Å². The molecule has 2 aromatic rings. The van der Waals surface area contributed by atoms with Crippen LogP contribution in [0.5, 0.6) is 5.75 Å². The monoisotopic (exact) mass is 368 g/mol. The van der Waals surface area contributed by atoms with E-state index in [4.69, 9.17) is 4.74 Å². The number of Topliss-reactive ketones (excluding diaryl/α,β-unsaturated/α-hetero) is 1. The number of nitrogens with zero attached hydrogens (tertiary/aromatic N) is 1. The first-order chi connectivity index (χ1) is 12.4. The van der Waals surface area contributed by atoms with Crippen LogP contribution in [0.1, 0.15) is 50.5 Å². The van der Waals surface area contributed by atoms with Gasteiger partial charge in [0.2, 0.25) is 0 Å². The van der Waals surface area contributed by atoms with Crippen molar-refractivity contribution < 1.29 is 9.53 Å². The summed E-state index contributed by atoms with van der Waals surface area (Å²) in [5, 5.41) is 3.48. The number of benzene rings is 1. The molecule has 1 atom stereocenters. The Balaban J connectivity index is 2.06. The number of nitrogens with one attached hydrogen (secondary N) is 1. The van der Waals surface area contributed by atoms with E-state index in [1.54, 1.807) is 18.4 Å². The van der Waals surface area contributed by atoms with Crippen molar-refractivity contribution in [3.63, 3.8) is 0 Å². The molecule has 136 valence electrons. The van der Waals surface area contributed by atoms with Gasteiger partial charge in [-0.3, -0.25) is 4.79 Å². The minimum Gasteiger partial charge on any atom is -0.496 e. The number of carbonyl (C=O) groups is 1. The van der Waals surface area contributed by atoms with Crippen molar-refractivity contribution in [1.82, 2.24) is 4.98 Å². The minimum atomic E-state index is -0.503. The molecule has 0 fully saturated rings. The lowest BCUT2D eigenvalue weighted by Crippen LogP contribution is -2.43. The van der Waals surface area contributed by atoms with Crippen LogP contribution in [0.2, 0.25) is 0 Å². The van der Waals surface area contributed by atoms with Crippen LogP contribution in [0.25, 0.3) is 0 Å². The van der Waals surface area contributed by atoms with Crippen molar-refractivity contribution in [2.75, 3.05) is 12.4 Å². The second-order valence-corrected chi connectivity index (χ2v) is 8.76. The predicted molar refractivity (Wildman–Crippen MR) is 105 cm³/mol. The Labute approximate surface area is 158 Å². The molecule has 0 saturated heterocycles. The largest absolute Gasteiger partial charge is 0.496 e. The maximum Gasteiger partial charge on any atom is 0.162 e. The summed E-state index contributed by atoms with van der Waals surface area (Å²) in [6, 6.07) is 8.07. The number of thiazole rings is 1. The first-order valence-corrected chi connectivity index (χ1v) is 9.92. The molecule has 2 aliphatic rings. The highest BCUT2D eigenvalue weighted by molar-refractivity contribution is 7.10. The number of hydrogen-bond acceptors (Lipinski definition) is 5. The molecule has 1 aliphatic carbocycles. The Hall–Kier alpha value is -2.14. The molecule has 5 heteroatoms. The Kier molecular flexibility index (Phi) is 3.95. The number of para-hydroxylation sites is 1. The zero-order valence-corrected chi connectivity index (χ0v) is 16.5. The van der Waals surface area contributed by atoms with Crippen molar-refractivity contribution in [2.45, 2.75) is 45.4 Å². The molecular weight excluding hydrogens is 344 g/mol. The van der Waals surface area contributed by atoms with Crippen molar-refractivity contribution in [1.29, 1.82) is 0 Å². The maximum atomic E-state index is 13.4. The third-order valence-corrected chi connectivity index (χ3v) is 6.61. The topological polar surface area (TPSA) is 51.2 Å². The van der Waals surface area contributed by atoms with E-state index in [9.17, 15) is 4.79 Å². The van der Waals surface area contributed by atoms with Crippen molar-refractivity contribution in [3.8, 4) is 5.75 Å². The summed E-state index contributed by atoms with van der Waals surface area (Å²) >= 11 is 1.61. The fraction of sp³-hybridized carbons (Fsp3) is 0.429. The molecule has 1 aromatic carbocycles. The zero-order valence-electron chi connectivity index (χ0n) is 15.7. The lowest BCUT2D eigenvalue weighted by Gasteiger charge is -2.45. The lowest BCUT2D eigenvalue weighted by atomic mass is 9.62. The van der Waals surface area contributed by atoms with Gasteiger partial charge in [0, 0.05) is 23.3 Å². The van der Waals surface area contributed by atoms with Gasteiger partial charge in [0.15, 0.2) is 5.78 Å². The highest BCUT2D eigenvalue weighted by atomic mass is 32.1. The first kappa shape index (κ1) is 17.3. The summed E-state index contributed by atoms with van der Waals surface area (Å²) in [4.78, 5) is 19.0. The molecule has 4 nitrogen and oxygen atoms in total. The molecule has 4 rings (SSSR count). The van der Waals surface area contributed by atoms with Crippen molar-refractivity contribution >= 4 is 22.9 Å². The van der Waals surface area contributed by atoms with Gasteiger partial charge in [-0.25, -0.2) is 4.98 Å². The van der Waals surface area contributed by atoms with Crippen molar-refractivity contribution in [3.05, 3.63) is 51.5 Å². The highest BCUT2D eigenvalue weighted by Gasteiger charge is 2.51. The molecule has 0 bridgehead atoms. The van der Waals surface area contributed by atoms with Crippen LogP contribution in [0.3, 0.4) is 0 Å². The number of fused-ring (bicyclic) bond motifs is 1. The van der Waals surface area contributed by atoms with Gasteiger partial charge in [0.1, 0.15) is 11.6 Å². The number of ether oxygens (including phenoxy) is 1. The zero-order chi connectivity index (χ0) is 18.5. The van der Waals surface area contributed by atoms with Gasteiger partial charge < -0.3 is 10.1 Å². The van der Waals surface area contributed by atoms with E-state index in [0.717, 1.165) is 46.1 Å². The lowest BCUT2D eigenvalue weighted by molar-refractivity contribution is -0.118. The summed E-state index contributed by atoms with van der Waals surface area (Å²) in [6.07, 6.45) is 2.20. The normalized spacial score (nSPS) is 23.9. The Morgan fingerprint density at radius 1 is 1.27 bits per heavy atom. The fourth-order valence-corrected chi connectivity index (χ4v) is 5.64. The van der Waals surface area contributed by atoms with Crippen LogP contribution >= 0.6 is 11.3 Å². The number of allylic oxidation sites excluding steroid dienone is 2. The van der Waals surface area contributed by atoms with Crippen LogP contribution in [-0.4, -0.2) is 17.9 Å². The third kappa shape index (κ3) is 2.33. The smallest absolute Gasteiger partial charge is 0.162 e. The number of methoxy groups -OCH3 is 1. The molecule has 1 aromatic heterocycles. The van der Waals surface area contributed by atoms with Crippen LogP contribution in [0, 0.1) is 5.41 Å². The Morgan fingerprint density at radius 3 is 2.77 bits per heavy atom. The van der Waals surface area contributed by atoms with Gasteiger partial charge in [-0.1, -0.05) is 39.0 Å². The second-order valence-electron chi connectivity index (χ2n) is 7.91. The van der Waals surface area contributed by atoms with Crippen LogP contribution in [-0.2, 0) is 10.2 Å². The number of aromatic nitrogens is 1. The Morgan fingerprint density at radius 2 is 2.04 bits per heavy atom. The summed E-state index contributed by atoms with van der Waals surface area (Å²) in [6.45, 7) is 6.46. The number of hydrogen-bond donors (Lipinski definition) is 1. The molecule has 2 heterocycles. The van der Waals surface area contributed by atoms with Crippen LogP contribution in [0.4, 0.5) is 5.82 Å². The maximum absolute atomic E-state index is 13.4. The molecule has 0 amide bonds. The minimum absolute atomic E-state index is 0.0449. The second kappa shape index (κ2) is 5.95. The fourth-order valence-electron chi connectivity index (χ4n) is 4.60. The van der Waals surface area contributed by atoms with E-state index in [-0.39, 0.29) is 11.2 Å². The number of ketones is 1. The standard InChI is InChI=1S/C21H24N2O2S/c1-5-21(13-8-6-7-9-16(13)25-4)17-14(10-20(2,3)11-15(17)24)23-19-18(21)26-12-22-19/h6-9,12,23H,5,10-11H2,1-4H3. The van der Waals surface area contributed by atoms with Gasteiger partial charge in [-0.05, 0) is 24.3 Å². The van der Waals surface area contributed by atoms with Crippen molar-refractivity contribution in [2.24, 2.45) is 5.41 Å². The highest BCUT2D eigenvalue weighted by Crippen LogP contribution is 2.56. The third-order valence-electron chi connectivity index (χ3n) is 5.62. The SMILES string of the molecule is CCC1(c2ccccc2OC)C2=C(CC(C)(C)CC2=O)Nc2ncsc21. The van der Waals surface area contributed by atoms with Crippen LogP contribution in [0.15, 0.2) is 41.0 Å². The van der Waals surface area contributed by atoms with E-state index in [2.05, 4.69) is 37.1 Å². The van der Waals surface area contributed by atoms with Gasteiger partial charge in [0.05, 0.1) is 22.9 Å². The van der Waals surface area contributed by atoms with E-state index in [1.807, 2.05) is 23.7 Å². The molecule has 0 spiro atoms. The predicted octanol–water partition coefficient (Wildman–Crippen LogP) is 4.92. The molecular formula is C21H24N2O2S. The first-order valence-electron chi connectivity index (χ1n) is 9.04. The average Bonchev–Trinajstić information content (AvgIpc) is 3.07. The molecule has 1 N–H and O–H groups in total. The van der Waals surface area contributed by atoms with Gasteiger partial charge >= 0.3 is 0 Å². The molecule has 1 aliphatic heterocycles. The number of anilines is 1. The van der Waals surface area contributed by atoms with Crippen LogP contribution < -0.4 is 10.1 Å².